The topological polar surface area (TPSA) is 75.4 Å². The van der Waals surface area contributed by atoms with Crippen molar-refractivity contribution in [2.75, 3.05) is 6.54 Å². The molecule has 1 unspecified atom stereocenters. The Balaban J connectivity index is 1.87. The van der Waals surface area contributed by atoms with Gasteiger partial charge in [-0.05, 0) is 32.3 Å². The summed E-state index contributed by atoms with van der Waals surface area (Å²) >= 11 is 0. The Bertz CT molecular complexity index is 499. The van der Waals surface area contributed by atoms with Gasteiger partial charge >= 0.3 is 6.03 Å². The minimum absolute atomic E-state index is 0.209. The SMILES string of the molecule is CC1(C)NC(=O)N(CC(N)CCc2ccccc2)C1=O. The first kappa shape index (κ1) is 14.5. The van der Waals surface area contributed by atoms with E-state index in [1.807, 2.05) is 30.3 Å². The van der Waals surface area contributed by atoms with Gasteiger partial charge in [0.1, 0.15) is 5.54 Å². The van der Waals surface area contributed by atoms with Crippen LogP contribution in [0.1, 0.15) is 25.8 Å². The number of urea groups is 1. The smallest absolute Gasteiger partial charge is 0.325 e. The second-order valence-corrected chi connectivity index (χ2v) is 5.76. The first-order chi connectivity index (χ1) is 9.40. The van der Waals surface area contributed by atoms with Gasteiger partial charge in [0.15, 0.2) is 0 Å². The van der Waals surface area contributed by atoms with E-state index < -0.39 is 5.54 Å². The van der Waals surface area contributed by atoms with E-state index >= 15 is 0 Å². The maximum Gasteiger partial charge on any atom is 0.325 e. The summed E-state index contributed by atoms with van der Waals surface area (Å²) in [6, 6.07) is 9.47. The highest BCUT2D eigenvalue weighted by atomic mass is 16.2. The van der Waals surface area contributed by atoms with E-state index in [1.165, 1.54) is 10.5 Å². The minimum atomic E-state index is -0.823. The number of aryl methyl sites for hydroxylation is 1. The first-order valence-corrected chi connectivity index (χ1v) is 6.84. The van der Waals surface area contributed by atoms with Crippen molar-refractivity contribution in [1.82, 2.24) is 10.2 Å². The van der Waals surface area contributed by atoms with Gasteiger partial charge in [0.25, 0.3) is 5.91 Å². The molecule has 108 valence electrons. The molecule has 5 nitrogen and oxygen atoms in total. The zero-order valence-corrected chi connectivity index (χ0v) is 11.9. The van der Waals surface area contributed by atoms with E-state index in [4.69, 9.17) is 5.73 Å². The van der Waals surface area contributed by atoms with Crippen LogP contribution in [0.4, 0.5) is 4.79 Å². The number of nitrogens with zero attached hydrogens (tertiary/aromatic N) is 1. The van der Waals surface area contributed by atoms with Crippen LogP contribution in [0.2, 0.25) is 0 Å². The summed E-state index contributed by atoms with van der Waals surface area (Å²) in [5.74, 6) is -0.210. The van der Waals surface area contributed by atoms with Crippen molar-refractivity contribution >= 4 is 11.9 Å². The standard InChI is InChI=1S/C15H21N3O2/c1-15(2)13(19)18(14(20)17-15)10-12(16)9-8-11-6-4-3-5-7-11/h3-7,12H,8-10,16H2,1-2H3,(H,17,20). The number of nitrogens with two attached hydrogens (primary N) is 1. The molecule has 1 heterocycles. The van der Waals surface area contributed by atoms with Crippen molar-refractivity contribution in [1.29, 1.82) is 0 Å². The quantitative estimate of drug-likeness (QED) is 0.795. The molecule has 0 bridgehead atoms. The Morgan fingerprint density at radius 3 is 2.45 bits per heavy atom. The number of amides is 3. The van der Waals surface area contributed by atoms with Crippen LogP contribution >= 0.6 is 0 Å². The number of carbonyl (C=O) groups is 2. The van der Waals surface area contributed by atoms with Gasteiger partial charge in [0.05, 0.1) is 0 Å². The lowest BCUT2D eigenvalue weighted by Gasteiger charge is -2.19. The van der Waals surface area contributed by atoms with Gasteiger partial charge in [-0.15, -0.1) is 0 Å². The number of benzene rings is 1. The Labute approximate surface area is 119 Å². The van der Waals surface area contributed by atoms with Gasteiger partial charge in [0, 0.05) is 12.6 Å². The lowest BCUT2D eigenvalue weighted by Crippen LogP contribution is -2.43. The molecule has 3 amide bonds. The van der Waals surface area contributed by atoms with E-state index in [9.17, 15) is 9.59 Å². The number of nitrogens with one attached hydrogen (secondary N) is 1. The maximum absolute atomic E-state index is 12.0. The molecule has 1 aliphatic heterocycles. The molecule has 1 aliphatic rings. The van der Waals surface area contributed by atoms with Crippen LogP contribution in [0.15, 0.2) is 30.3 Å². The molecule has 0 aromatic heterocycles. The van der Waals surface area contributed by atoms with Crippen LogP contribution in [-0.4, -0.2) is 35.0 Å². The van der Waals surface area contributed by atoms with Crippen LogP contribution in [0.3, 0.4) is 0 Å². The minimum Gasteiger partial charge on any atom is -0.326 e. The zero-order valence-electron chi connectivity index (χ0n) is 11.9. The predicted octanol–water partition coefficient (Wildman–Crippen LogP) is 1.28. The fourth-order valence-electron chi connectivity index (χ4n) is 2.31. The van der Waals surface area contributed by atoms with Crippen LogP contribution in [-0.2, 0) is 11.2 Å². The summed E-state index contributed by atoms with van der Waals surface area (Å²) in [6.45, 7) is 3.66. The lowest BCUT2D eigenvalue weighted by atomic mass is 10.0. The summed E-state index contributed by atoms with van der Waals surface area (Å²) < 4.78 is 0. The Kier molecular flexibility index (Phi) is 4.09. The lowest BCUT2D eigenvalue weighted by molar-refractivity contribution is -0.130. The molecule has 0 aliphatic carbocycles. The van der Waals surface area contributed by atoms with Crippen molar-refractivity contribution in [3.63, 3.8) is 0 Å². The summed E-state index contributed by atoms with van der Waals surface area (Å²) in [6.07, 6.45) is 1.58. The first-order valence-electron chi connectivity index (χ1n) is 6.84. The number of imide groups is 1. The molecule has 0 saturated carbocycles. The largest absolute Gasteiger partial charge is 0.326 e. The van der Waals surface area contributed by atoms with E-state index in [0.29, 0.717) is 0 Å². The van der Waals surface area contributed by atoms with Gasteiger partial charge in [-0.25, -0.2) is 4.79 Å². The predicted molar refractivity (Wildman–Crippen MR) is 77.1 cm³/mol. The molecule has 1 aromatic rings. The number of rotatable bonds is 5. The molecule has 0 spiro atoms. The molecular weight excluding hydrogens is 254 g/mol. The maximum atomic E-state index is 12.0. The van der Waals surface area contributed by atoms with Gasteiger partial charge in [-0.2, -0.15) is 0 Å². The molecular formula is C15H21N3O2. The summed E-state index contributed by atoms with van der Waals surface area (Å²) in [4.78, 5) is 25.0. The third-order valence-corrected chi connectivity index (χ3v) is 3.51. The molecule has 5 heteroatoms. The van der Waals surface area contributed by atoms with Gasteiger partial charge < -0.3 is 11.1 Å². The van der Waals surface area contributed by atoms with Crippen LogP contribution < -0.4 is 11.1 Å². The molecule has 3 N–H and O–H groups in total. The highest BCUT2D eigenvalue weighted by molar-refractivity contribution is 6.06. The van der Waals surface area contributed by atoms with E-state index in [1.54, 1.807) is 13.8 Å². The van der Waals surface area contributed by atoms with Gasteiger partial charge in [-0.3, -0.25) is 9.69 Å². The summed E-state index contributed by atoms with van der Waals surface area (Å²) in [5.41, 5.74) is 6.43. The molecule has 2 rings (SSSR count). The highest BCUT2D eigenvalue weighted by Gasteiger charge is 2.44. The number of hydrogen-bond acceptors (Lipinski definition) is 3. The second-order valence-electron chi connectivity index (χ2n) is 5.76. The highest BCUT2D eigenvalue weighted by Crippen LogP contribution is 2.17. The fraction of sp³-hybridized carbons (Fsp3) is 0.467. The third kappa shape index (κ3) is 3.17. The fourth-order valence-corrected chi connectivity index (χ4v) is 2.31. The van der Waals surface area contributed by atoms with E-state index in [0.717, 1.165) is 12.8 Å². The van der Waals surface area contributed by atoms with E-state index in [2.05, 4.69) is 5.32 Å². The van der Waals surface area contributed by atoms with Crippen molar-refractivity contribution in [3.05, 3.63) is 35.9 Å². The average molecular weight is 275 g/mol. The van der Waals surface area contributed by atoms with E-state index in [-0.39, 0.29) is 24.5 Å². The van der Waals surface area contributed by atoms with Crippen molar-refractivity contribution in [2.24, 2.45) is 5.73 Å². The molecule has 1 aromatic carbocycles. The average Bonchev–Trinajstić information content (AvgIpc) is 2.60. The molecule has 20 heavy (non-hydrogen) atoms. The van der Waals surface area contributed by atoms with Crippen molar-refractivity contribution < 1.29 is 9.59 Å². The monoisotopic (exact) mass is 275 g/mol. The van der Waals surface area contributed by atoms with Crippen LogP contribution in [0, 0.1) is 0 Å². The zero-order chi connectivity index (χ0) is 14.8. The Morgan fingerprint density at radius 1 is 1.25 bits per heavy atom. The molecule has 0 radical (unpaired) electrons. The second kappa shape index (κ2) is 5.63. The number of carbonyl (C=O) groups excluding carboxylic acids is 2. The van der Waals surface area contributed by atoms with Crippen molar-refractivity contribution in [2.45, 2.75) is 38.3 Å². The Hall–Kier alpha value is -1.88. The normalized spacial score (nSPS) is 19.1. The van der Waals surface area contributed by atoms with Crippen LogP contribution in [0.5, 0.6) is 0 Å². The molecule has 1 atom stereocenters. The van der Waals surface area contributed by atoms with Gasteiger partial charge in [-0.1, -0.05) is 30.3 Å². The van der Waals surface area contributed by atoms with Crippen molar-refractivity contribution in [3.8, 4) is 0 Å². The summed E-state index contributed by atoms with van der Waals surface area (Å²) in [7, 11) is 0. The van der Waals surface area contributed by atoms with Crippen LogP contribution in [0.25, 0.3) is 0 Å². The third-order valence-electron chi connectivity index (χ3n) is 3.51. The Morgan fingerprint density at radius 2 is 1.90 bits per heavy atom. The summed E-state index contributed by atoms with van der Waals surface area (Å²) in [5, 5.41) is 2.65. The molecule has 1 fully saturated rings. The number of hydrogen-bond donors (Lipinski definition) is 2. The van der Waals surface area contributed by atoms with Gasteiger partial charge in [0.2, 0.25) is 0 Å². The molecule has 1 saturated heterocycles.